The number of anilines is 2. The van der Waals surface area contributed by atoms with Crippen LogP contribution in [0.1, 0.15) is 25.0 Å². The molecule has 0 aliphatic heterocycles. The van der Waals surface area contributed by atoms with Crippen molar-refractivity contribution in [2.24, 2.45) is 5.92 Å². The van der Waals surface area contributed by atoms with Crippen LogP contribution in [0.25, 0.3) is 10.9 Å². The fourth-order valence-electron chi connectivity index (χ4n) is 3.51. The number of fused-ring (bicyclic) bond motifs is 1. The summed E-state index contributed by atoms with van der Waals surface area (Å²) in [5, 5.41) is 7.93. The predicted octanol–water partition coefficient (Wildman–Crippen LogP) is 5.28. The van der Waals surface area contributed by atoms with Crippen LogP contribution in [0.2, 0.25) is 0 Å². The summed E-state index contributed by atoms with van der Waals surface area (Å²) in [5.41, 5.74) is 5.74. The van der Waals surface area contributed by atoms with E-state index < -0.39 is 0 Å². The van der Waals surface area contributed by atoms with Crippen LogP contribution in [0.5, 0.6) is 5.75 Å². The van der Waals surface area contributed by atoms with Crippen LogP contribution >= 0.6 is 8.86 Å². The molecule has 1 aromatic heterocycles. The third-order valence-electron chi connectivity index (χ3n) is 5.29. The highest BCUT2D eigenvalue weighted by atomic mass is 31.0. The molecule has 0 saturated carbocycles. The van der Waals surface area contributed by atoms with Crippen LogP contribution in [0, 0.1) is 12.8 Å². The van der Waals surface area contributed by atoms with Crippen LogP contribution in [-0.2, 0) is 11.2 Å². The molecule has 0 spiro atoms. The van der Waals surface area contributed by atoms with Gasteiger partial charge in [-0.05, 0) is 42.2 Å². The number of nitrogens with one attached hydrogen (secondary N) is 2. The number of hydrogen-bond acceptors (Lipinski definition) is 6. The molecule has 2 aromatic carbocycles. The zero-order valence-electron chi connectivity index (χ0n) is 19.3. The molecule has 0 bridgehead atoms. The standard InChI is InChI=1S/C25H31N4O2P/c1-15(2)23(25(32)31-6)28-17(4)12-18-8-7-16(3)11-21(18)29-24-20-10-9-19(30-5)13-22(20)26-14-27-24/h7-11,13-15,23,28,32H,4,12H2,1-3,5-6H3,(H,26,27,29). The minimum Gasteiger partial charge on any atom is -0.497 e. The monoisotopic (exact) mass is 450 g/mol. The van der Waals surface area contributed by atoms with Gasteiger partial charge in [0.2, 0.25) is 0 Å². The Hall–Kier alpha value is -2.95. The van der Waals surface area contributed by atoms with E-state index in [1.54, 1.807) is 20.5 Å². The van der Waals surface area contributed by atoms with Gasteiger partial charge in [-0.15, -0.1) is 0 Å². The van der Waals surface area contributed by atoms with Crippen LogP contribution in [0.4, 0.5) is 11.5 Å². The van der Waals surface area contributed by atoms with Crippen LogP contribution in [0.3, 0.4) is 0 Å². The van der Waals surface area contributed by atoms with Crippen molar-refractivity contribution in [1.29, 1.82) is 0 Å². The highest BCUT2D eigenvalue weighted by Crippen LogP contribution is 2.29. The average molecular weight is 451 g/mol. The second-order valence-electron chi connectivity index (χ2n) is 8.11. The number of rotatable bonds is 10. The Kier molecular flexibility index (Phi) is 7.84. The highest BCUT2D eigenvalue weighted by Gasteiger charge is 2.18. The van der Waals surface area contributed by atoms with Gasteiger partial charge in [0.05, 0.1) is 24.1 Å². The number of allylic oxidation sites excluding steroid dienone is 1. The molecule has 1 atom stereocenters. The molecule has 0 saturated heterocycles. The second kappa shape index (κ2) is 10.6. The van der Waals surface area contributed by atoms with Crippen molar-refractivity contribution < 1.29 is 9.47 Å². The van der Waals surface area contributed by atoms with Crippen LogP contribution in [-0.4, -0.2) is 35.7 Å². The van der Waals surface area contributed by atoms with Gasteiger partial charge in [0.1, 0.15) is 17.9 Å². The molecule has 0 aliphatic carbocycles. The van der Waals surface area contributed by atoms with Gasteiger partial charge in [-0.3, -0.25) is 0 Å². The maximum absolute atomic E-state index is 5.39. The Morgan fingerprint density at radius 2 is 1.91 bits per heavy atom. The Bertz CT molecular complexity index is 1130. The number of aromatic nitrogens is 2. The lowest BCUT2D eigenvalue weighted by molar-refractivity contribution is 0.362. The molecule has 3 aromatic rings. The Labute approximate surface area is 192 Å². The first kappa shape index (κ1) is 23.7. The maximum Gasteiger partial charge on any atom is 0.141 e. The molecule has 0 fully saturated rings. The number of hydrogen-bond donors (Lipinski definition) is 2. The van der Waals surface area contributed by atoms with E-state index in [0.29, 0.717) is 12.3 Å². The summed E-state index contributed by atoms with van der Waals surface area (Å²) >= 11 is 0. The van der Waals surface area contributed by atoms with Gasteiger partial charge in [-0.1, -0.05) is 41.4 Å². The smallest absolute Gasteiger partial charge is 0.141 e. The van der Waals surface area contributed by atoms with Gasteiger partial charge in [0, 0.05) is 36.4 Å². The van der Waals surface area contributed by atoms with E-state index >= 15 is 0 Å². The van der Waals surface area contributed by atoms with E-state index in [-0.39, 0.29) is 6.04 Å². The summed E-state index contributed by atoms with van der Waals surface area (Å²) in [6.07, 6.45) is 2.22. The predicted molar refractivity (Wildman–Crippen MR) is 135 cm³/mol. The van der Waals surface area contributed by atoms with Crippen molar-refractivity contribution in [3.63, 3.8) is 0 Å². The Morgan fingerprint density at radius 1 is 1.12 bits per heavy atom. The minimum atomic E-state index is 0.0202. The van der Waals surface area contributed by atoms with E-state index in [4.69, 9.17) is 9.47 Å². The molecule has 0 aliphatic rings. The Morgan fingerprint density at radius 3 is 2.59 bits per heavy atom. The summed E-state index contributed by atoms with van der Waals surface area (Å²) in [4.78, 5) is 8.87. The van der Waals surface area contributed by atoms with Gasteiger partial charge < -0.3 is 20.1 Å². The van der Waals surface area contributed by atoms with Crippen molar-refractivity contribution >= 4 is 36.8 Å². The molecular weight excluding hydrogens is 419 g/mol. The van der Waals surface area contributed by atoms with Gasteiger partial charge >= 0.3 is 0 Å². The number of benzene rings is 2. The van der Waals surface area contributed by atoms with Gasteiger partial charge in [-0.25, -0.2) is 9.97 Å². The third kappa shape index (κ3) is 5.64. The molecule has 32 heavy (non-hydrogen) atoms. The van der Waals surface area contributed by atoms with Crippen molar-refractivity contribution in [2.45, 2.75) is 33.2 Å². The molecule has 3 rings (SSSR count). The molecule has 0 amide bonds. The minimum absolute atomic E-state index is 0.0202. The molecule has 1 unspecified atom stereocenters. The molecule has 1 heterocycles. The van der Waals surface area contributed by atoms with E-state index in [1.165, 1.54) is 0 Å². The zero-order valence-corrected chi connectivity index (χ0v) is 20.3. The number of nitrogens with zero attached hydrogens (tertiary/aromatic N) is 2. The lowest BCUT2D eigenvalue weighted by atomic mass is 10.0. The van der Waals surface area contributed by atoms with E-state index in [9.17, 15) is 0 Å². The summed E-state index contributed by atoms with van der Waals surface area (Å²) in [5.74, 6) is 1.84. The zero-order chi connectivity index (χ0) is 23.3. The van der Waals surface area contributed by atoms with Crippen molar-refractivity contribution in [1.82, 2.24) is 15.3 Å². The Balaban J connectivity index is 1.87. The van der Waals surface area contributed by atoms with Gasteiger partial charge in [-0.2, -0.15) is 0 Å². The molecule has 0 radical (unpaired) electrons. The number of methoxy groups -OCH3 is 2. The lowest BCUT2D eigenvalue weighted by Crippen LogP contribution is -2.40. The van der Waals surface area contributed by atoms with E-state index in [0.717, 1.165) is 50.5 Å². The first-order valence-corrected chi connectivity index (χ1v) is 11.0. The quantitative estimate of drug-likeness (QED) is 0.410. The molecule has 168 valence electrons. The first-order valence-electron chi connectivity index (χ1n) is 10.5. The highest BCUT2D eigenvalue weighted by molar-refractivity contribution is 7.20. The second-order valence-corrected chi connectivity index (χ2v) is 8.60. The molecule has 7 heteroatoms. The largest absolute Gasteiger partial charge is 0.497 e. The van der Waals surface area contributed by atoms with Crippen molar-refractivity contribution in [3.05, 3.63) is 66.1 Å². The molecular formula is C25H31N4O2P. The summed E-state index contributed by atoms with van der Waals surface area (Å²) in [6, 6.07) is 12.2. The summed E-state index contributed by atoms with van der Waals surface area (Å²) in [6.45, 7) is 10.6. The van der Waals surface area contributed by atoms with E-state index in [2.05, 4.69) is 75.0 Å². The molecule has 2 N–H and O–H groups in total. The topological polar surface area (TPSA) is 68.3 Å². The normalized spacial score (nSPS) is 11.9. The fraction of sp³-hybridized carbons (Fsp3) is 0.320. The lowest BCUT2D eigenvalue weighted by Gasteiger charge is -2.25. The summed E-state index contributed by atoms with van der Waals surface area (Å²) < 4.78 is 10.7. The van der Waals surface area contributed by atoms with Crippen LogP contribution in [0.15, 0.2) is 55.0 Å². The number of aryl methyl sites for hydroxylation is 1. The summed E-state index contributed by atoms with van der Waals surface area (Å²) in [7, 11) is 6.88. The van der Waals surface area contributed by atoms with E-state index in [1.807, 2.05) is 18.2 Å². The first-order chi connectivity index (χ1) is 15.3. The van der Waals surface area contributed by atoms with Crippen molar-refractivity contribution in [2.75, 3.05) is 19.5 Å². The van der Waals surface area contributed by atoms with Gasteiger partial charge in [0.15, 0.2) is 0 Å². The number of ether oxygens (including phenoxy) is 2. The van der Waals surface area contributed by atoms with Gasteiger partial charge in [0.25, 0.3) is 0 Å². The third-order valence-corrected chi connectivity index (χ3v) is 5.81. The SMILES string of the molecule is C=C(Cc1ccc(C)cc1Nc1ncnc2cc(OC)ccc12)NC(C(=P)OC)C(C)C. The van der Waals surface area contributed by atoms with Crippen LogP contribution < -0.4 is 15.4 Å². The van der Waals surface area contributed by atoms with Crippen molar-refractivity contribution in [3.8, 4) is 5.75 Å². The maximum atomic E-state index is 5.39. The average Bonchev–Trinajstić information content (AvgIpc) is 2.78. The fourth-order valence-corrected chi connectivity index (χ4v) is 3.92. The molecule has 6 nitrogen and oxygen atoms in total.